The molecular weight excluding hydrogens is 384 g/mol. The highest BCUT2D eigenvalue weighted by Crippen LogP contribution is 2.19. The number of halogens is 2. The zero-order chi connectivity index (χ0) is 13.8. The Morgan fingerprint density at radius 3 is 2.28 bits per heavy atom. The SMILES string of the molecule is CC(Br)CN(CCBr)c1ccc(S(N)(=O)=O)cc1. The Morgan fingerprint density at radius 1 is 1.33 bits per heavy atom. The van der Waals surface area contributed by atoms with Crippen LogP contribution < -0.4 is 10.0 Å². The molecule has 102 valence electrons. The molecule has 0 fully saturated rings. The lowest BCUT2D eigenvalue weighted by Gasteiger charge is -2.25. The standard InChI is InChI=1S/C11H16Br2N2O2S/c1-9(13)8-15(7-6-12)10-2-4-11(5-3-10)18(14,16)17/h2-5,9H,6-8H2,1H3,(H2,14,16,17). The lowest BCUT2D eigenvalue weighted by molar-refractivity contribution is 0.598. The predicted octanol–water partition coefficient (Wildman–Crippen LogP) is 2.32. The highest BCUT2D eigenvalue weighted by Gasteiger charge is 2.11. The van der Waals surface area contributed by atoms with E-state index in [-0.39, 0.29) is 4.90 Å². The summed E-state index contributed by atoms with van der Waals surface area (Å²) in [6.45, 7) is 3.77. The minimum absolute atomic E-state index is 0.136. The first-order chi connectivity index (χ1) is 8.34. The van der Waals surface area contributed by atoms with Crippen LogP contribution in [0.5, 0.6) is 0 Å². The predicted molar refractivity (Wildman–Crippen MR) is 82.2 cm³/mol. The van der Waals surface area contributed by atoms with Crippen molar-refractivity contribution in [2.75, 3.05) is 23.3 Å². The molecule has 1 aromatic carbocycles. The Kier molecular flexibility index (Phi) is 6.10. The quantitative estimate of drug-likeness (QED) is 0.746. The van der Waals surface area contributed by atoms with Crippen LogP contribution in [0.15, 0.2) is 29.2 Å². The fraction of sp³-hybridized carbons (Fsp3) is 0.455. The Labute approximate surface area is 125 Å². The molecule has 1 aromatic rings. The van der Waals surface area contributed by atoms with Crippen molar-refractivity contribution in [2.24, 2.45) is 5.14 Å². The third-order valence-electron chi connectivity index (χ3n) is 2.36. The number of hydrogen-bond donors (Lipinski definition) is 1. The number of nitrogens with zero attached hydrogens (tertiary/aromatic N) is 1. The van der Waals surface area contributed by atoms with Gasteiger partial charge in [-0.2, -0.15) is 0 Å². The highest BCUT2D eigenvalue weighted by atomic mass is 79.9. The van der Waals surface area contributed by atoms with E-state index in [1.165, 1.54) is 12.1 Å². The largest absolute Gasteiger partial charge is 0.370 e. The number of rotatable bonds is 6. The van der Waals surface area contributed by atoms with Crippen LogP contribution in [0.1, 0.15) is 6.92 Å². The normalized spacial score (nSPS) is 13.3. The summed E-state index contributed by atoms with van der Waals surface area (Å²) in [5, 5.41) is 5.92. The van der Waals surface area contributed by atoms with Gasteiger partial charge >= 0.3 is 0 Å². The topological polar surface area (TPSA) is 63.4 Å². The summed E-state index contributed by atoms with van der Waals surface area (Å²) in [5.74, 6) is 0. The van der Waals surface area contributed by atoms with Gasteiger partial charge in [0.15, 0.2) is 0 Å². The lowest BCUT2D eigenvalue weighted by atomic mass is 10.2. The number of nitrogens with two attached hydrogens (primary N) is 1. The van der Waals surface area contributed by atoms with Crippen molar-refractivity contribution in [3.63, 3.8) is 0 Å². The van der Waals surface area contributed by atoms with Crippen molar-refractivity contribution >= 4 is 47.6 Å². The van der Waals surface area contributed by atoms with E-state index in [2.05, 4.69) is 43.7 Å². The second kappa shape index (κ2) is 6.88. The first kappa shape index (κ1) is 15.9. The van der Waals surface area contributed by atoms with Gasteiger partial charge in [0, 0.05) is 28.9 Å². The van der Waals surface area contributed by atoms with Gasteiger partial charge in [-0.25, -0.2) is 13.6 Å². The molecule has 7 heteroatoms. The van der Waals surface area contributed by atoms with Crippen LogP contribution in [0.4, 0.5) is 5.69 Å². The average Bonchev–Trinajstić information content (AvgIpc) is 2.27. The fourth-order valence-corrected chi connectivity index (χ4v) is 2.87. The Bertz CT molecular complexity index is 474. The maximum absolute atomic E-state index is 11.2. The van der Waals surface area contributed by atoms with Crippen LogP contribution in [0.25, 0.3) is 0 Å². The second-order valence-electron chi connectivity index (χ2n) is 3.95. The Hall–Kier alpha value is -0.110. The van der Waals surface area contributed by atoms with Crippen LogP contribution >= 0.6 is 31.9 Å². The summed E-state index contributed by atoms with van der Waals surface area (Å²) in [6.07, 6.45) is 0. The smallest absolute Gasteiger partial charge is 0.238 e. The van der Waals surface area contributed by atoms with Gasteiger partial charge in [0.2, 0.25) is 10.0 Å². The monoisotopic (exact) mass is 398 g/mol. The number of primary sulfonamides is 1. The summed E-state index contributed by atoms with van der Waals surface area (Å²) in [6, 6.07) is 6.62. The number of hydrogen-bond acceptors (Lipinski definition) is 3. The van der Waals surface area contributed by atoms with Crippen LogP contribution in [0.3, 0.4) is 0 Å². The van der Waals surface area contributed by atoms with Crippen LogP contribution in [-0.4, -0.2) is 31.7 Å². The summed E-state index contributed by atoms with van der Waals surface area (Å²) in [7, 11) is -3.62. The third-order valence-corrected chi connectivity index (χ3v) is 3.93. The highest BCUT2D eigenvalue weighted by molar-refractivity contribution is 9.09. The summed E-state index contributed by atoms with van der Waals surface area (Å²) < 4.78 is 22.3. The van der Waals surface area contributed by atoms with E-state index in [1.807, 2.05) is 0 Å². The molecule has 0 aliphatic rings. The summed E-state index contributed by atoms with van der Waals surface area (Å²) >= 11 is 6.93. The van der Waals surface area contributed by atoms with Gasteiger partial charge in [-0.15, -0.1) is 0 Å². The van der Waals surface area contributed by atoms with Gasteiger partial charge < -0.3 is 4.90 Å². The van der Waals surface area contributed by atoms with Gasteiger partial charge in [0.25, 0.3) is 0 Å². The van der Waals surface area contributed by atoms with Crippen molar-refractivity contribution in [1.29, 1.82) is 0 Å². The number of benzene rings is 1. The summed E-state index contributed by atoms with van der Waals surface area (Å²) in [5.41, 5.74) is 0.980. The van der Waals surface area contributed by atoms with E-state index in [4.69, 9.17) is 5.14 Å². The molecule has 1 rings (SSSR count). The van der Waals surface area contributed by atoms with E-state index in [0.29, 0.717) is 4.83 Å². The number of alkyl halides is 2. The van der Waals surface area contributed by atoms with Crippen LogP contribution in [0, 0.1) is 0 Å². The molecular formula is C11H16Br2N2O2S. The molecule has 0 amide bonds. The molecule has 0 saturated carbocycles. The van der Waals surface area contributed by atoms with Crippen molar-refractivity contribution in [3.8, 4) is 0 Å². The molecule has 0 radical (unpaired) electrons. The van der Waals surface area contributed by atoms with Crippen molar-refractivity contribution < 1.29 is 8.42 Å². The third kappa shape index (κ3) is 4.87. The maximum Gasteiger partial charge on any atom is 0.238 e. The van der Waals surface area contributed by atoms with E-state index >= 15 is 0 Å². The molecule has 0 bridgehead atoms. The number of sulfonamides is 1. The molecule has 4 nitrogen and oxygen atoms in total. The minimum Gasteiger partial charge on any atom is -0.370 e. The van der Waals surface area contributed by atoms with E-state index < -0.39 is 10.0 Å². The molecule has 1 atom stereocenters. The molecule has 0 aliphatic carbocycles. The summed E-state index contributed by atoms with van der Waals surface area (Å²) in [4.78, 5) is 2.66. The Balaban J connectivity index is 2.93. The molecule has 0 aromatic heterocycles. The van der Waals surface area contributed by atoms with Gasteiger partial charge in [0.05, 0.1) is 4.90 Å². The van der Waals surface area contributed by atoms with Crippen molar-refractivity contribution in [2.45, 2.75) is 16.6 Å². The molecule has 1 unspecified atom stereocenters. The van der Waals surface area contributed by atoms with Crippen LogP contribution in [-0.2, 0) is 10.0 Å². The van der Waals surface area contributed by atoms with E-state index in [1.54, 1.807) is 12.1 Å². The van der Waals surface area contributed by atoms with Gasteiger partial charge in [-0.3, -0.25) is 0 Å². The lowest BCUT2D eigenvalue weighted by Crippen LogP contribution is -2.30. The van der Waals surface area contributed by atoms with E-state index in [9.17, 15) is 8.42 Å². The minimum atomic E-state index is -3.62. The average molecular weight is 400 g/mol. The van der Waals surface area contributed by atoms with Crippen molar-refractivity contribution in [3.05, 3.63) is 24.3 Å². The van der Waals surface area contributed by atoms with Gasteiger partial charge in [0.1, 0.15) is 0 Å². The zero-order valence-corrected chi connectivity index (χ0v) is 14.0. The molecule has 0 heterocycles. The first-order valence-corrected chi connectivity index (χ1v) is 9.01. The van der Waals surface area contributed by atoms with Gasteiger partial charge in [-0.05, 0) is 24.3 Å². The molecule has 2 N–H and O–H groups in total. The molecule has 0 aliphatic heterocycles. The first-order valence-electron chi connectivity index (χ1n) is 5.42. The molecule has 0 spiro atoms. The number of anilines is 1. The zero-order valence-electron chi connectivity index (χ0n) is 10.0. The maximum atomic E-state index is 11.2. The van der Waals surface area contributed by atoms with E-state index in [0.717, 1.165) is 24.1 Å². The van der Waals surface area contributed by atoms with Gasteiger partial charge in [-0.1, -0.05) is 38.8 Å². The fourth-order valence-electron chi connectivity index (χ4n) is 1.58. The van der Waals surface area contributed by atoms with Crippen molar-refractivity contribution in [1.82, 2.24) is 0 Å². The Morgan fingerprint density at radius 2 is 1.89 bits per heavy atom. The second-order valence-corrected chi connectivity index (χ2v) is 7.87. The molecule has 18 heavy (non-hydrogen) atoms. The van der Waals surface area contributed by atoms with Crippen LogP contribution in [0.2, 0.25) is 0 Å². The molecule has 0 saturated heterocycles.